The lowest BCUT2D eigenvalue weighted by Crippen LogP contribution is -2.24. The third-order valence-electron chi connectivity index (χ3n) is 2.41. The predicted molar refractivity (Wildman–Crippen MR) is 46.4 cm³/mol. The van der Waals surface area contributed by atoms with Crippen LogP contribution in [0.5, 0.6) is 0 Å². The molecule has 0 amide bonds. The molecule has 0 heterocycles. The molecule has 1 aliphatic carbocycles. The molecule has 1 aliphatic rings. The van der Waals surface area contributed by atoms with Crippen LogP contribution in [0.4, 0.5) is 0 Å². The van der Waals surface area contributed by atoms with E-state index in [1.807, 2.05) is 6.08 Å². The number of hydrogen-bond donors (Lipinski definition) is 1. The average Bonchev–Trinajstić information content (AvgIpc) is 2.50. The topological polar surface area (TPSA) is 35.2 Å². The average molecular weight is 155 g/mol. The van der Waals surface area contributed by atoms with E-state index < -0.39 is 0 Å². The third kappa shape index (κ3) is 2.04. The molecule has 0 aliphatic heterocycles. The molecule has 1 saturated carbocycles. The van der Waals surface area contributed by atoms with Crippen molar-refractivity contribution in [2.45, 2.75) is 31.3 Å². The SMILES string of the molecule is COC1(/C=C/CN)CCCC1. The van der Waals surface area contributed by atoms with E-state index in [2.05, 4.69) is 6.08 Å². The molecule has 0 spiro atoms. The van der Waals surface area contributed by atoms with Crippen molar-refractivity contribution in [3.8, 4) is 0 Å². The van der Waals surface area contributed by atoms with E-state index in [-0.39, 0.29) is 5.60 Å². The molecule has 11 heavy (non-hydrogen) atoms. The van der Waals surface area contributed by atoms with Gasteiger partial charge in [0.25, 0.3) is 0 Å². The molecule has 0 unspecified atom stereocenters. The van der Waals surface area contributed by atoms with Crippen LogP contribution < -0.4 is 5.73 Å². The lowest BCUT2D eigenvalue weighted by atomic mass is 10.0. The van der Waals surface area contributed by atoms with Gasteiger partial charge in [0.15, 0.2) is 0 Å². The van der Waals surface area contributed by atoms with E-state index >= 15 is 0 Å². The molecule has 0 saturated heterocycles. The summed E-state index contributed by atoms with van der Waals surface area (Å²) in [6.45, 7) is 0.616. The van der Waals surface area contributed by atoms with Gasteiger partial charge in [-0.3, -0.25) is 0 Å². The summed E-state index contributed by atoms with van der Waals surface area (Å²) in [5.74, 6) is 0. The van der Waals surface area contributed by atoms with E-state index in [1.165, 1.54) is 12.8 Å². The molecule has 2 heteroatoms. The normalized spacial score (nSPS) is 23.1. The molecule has 0 aromatic carbocycles. The predicted octanol–water partition coefficient (Wildman–Crippen LogP) is 1.46. The fourth-order valence-electron chi connectivity index (χ4n) is 1.70. The lowest BCUT2D eigenvalue weighted by molar-refractivity contribution is 0.0386. The highest BCUT2D eigenvalue weighted by Gasteiger charge is 2.30. The summed E-state index contributed by atoms with van der Waals surface area (Å²) >= 11 is 0. The Kier molecular flexibility index (Phi) is 3.09. The van der Waals surface area contributed by atoms with E-state index in [9.17, 15) is 0 Å². The molecule has 2 N–H and O–H groups in total. The third-order valence-corrected chi connectivity index (χ3v) is 2.41. The quantitative estimate of drug-likeness (QED) is 0.626. The Balaban J connectivity index is 2.52. The highest BCUT2D eigenvalue weighted by molar-refractivity contribution is 5.05. The minimum Gasteiger partial charge on any atom is -0.374 e. The Bertz CT molecular complexity index is 136. The summed E-state index contributed by atoms with van der Waals surface area (Å²) in [6, 6.07) is 0. The van der Waals surface area contributed by atoms with Gasteiger partial charge in [0.1, 0.15) is 0 Å². The van der Waals surface area contributed by atoms with E-state index in [0.717, 1.165) is 12.8 Å². The Hall–Kier alpha value is -0.340. The highest BCUT2D eigenvalue weighted by Crippen LogP contribution is 2.33. The minimum absolute atomic E-state index is 0.0272. The smallest absolute Gasteiger partial charge is 0.0859 e. The van der Waals surface area contributed by atoms with Gasteiger partial charge in [-0.1, -0.05) is 25.0 Å². The van der Waals surface area contributed by atoms with Gasteiger partial charge in [0, 0.05) is 13.7 Å². The van der Waals surface area contributed by atoms with Crippen LogP contribution >= 0.6 is 0 Å². The second-order valence-corrected chi connectivity index (χ2v) is 3.11. The highest BCUT2D eigenvalue weighted by atomic mass is 16.5. The second kappa shape index (κ2) is 3.88. The summed E-state index contributed by atoms with van der Waals surface area (Å²) in [6.07, 6.45) is 8.99. The van der Waals surface area contributed by atoms with Crippen molar-refractivity contribution < 1.29 is 4.74 Å². The molecule has 0 aromatic heterocycles. The summed E-state index contributed by atoms with van der Waals surface area (Å²) in [5, 5.41) is 0. The van der Waals surface area contributed by atoms with Gasteiger partial charge in [0.05, 0.1) is 5.60 Å². The maximum atomic E-state index is 5.46. The Morgan fingerprint density at radius 2 is 2.09 bits per heavy atom. The van der Waals surface area contributed by atoms with Gasteiger partial charge in [-0.05, 0) is 12.8 Å². The standard InChI is InChI=1S/C9H17NO/c1-11-9(7-4-8-10)5-2-3-6-9/h4,7H,2-3,5-6,8,10H2,1H3/b7-4+. The first kappa shape index (κ1) is 8.75. The van der Waals surface area contributed by atoms with Gasteiger partial charge in [-0.15, -0.1) is 0 Å². The van der Waals surface area contributed by atoms with Crippen LogP contribution in [0.25, 0.3) is 0 Å². The maximum Gasteiger partial charge on any atom is 0.0859 e. The zero-order chi connectivity index (χ0) is 8.16. The van der Waals surface area contributed by atoms with Gasteiger partial charge in [-0.25, -0.2) is 0 Å². The van der Waals surface area contributed by atoms with Crippen LogP contribution in [0.15, 0.2) is 12.2 Å². The lowest BCUT2D eigenvalue weighted by Gasteiger charge is -2.22. The second-order valence-electron chi connectivity index (χ2n) is 3.11. The first-order valence-corrected chi connectivity index (χ1v) is 4.26. The number of ether oxygens (including phenoxy) is 1. The molecule has 1 rings (SSSR count). The van der Waals surface area contributed by atoms with Gasteiger partial charge >= 0.3 is 0 Å². The van der Waals surface area contributed by atoms with Crippen molar-refractivity contribution in [1.29, 1.82) is 0 Å². The van der Waals surface area contributed by atoms with Crippen molar-refractivity contribution in [3.05, 3.63) is 12.2 Å². The van der Waals surface area contributed by atoms with Crippen LogP contribution in [0, 0.1) is 0 Å². The Morgan fingerprint density at radius 1 is 1.45 bits per heavy atom. The zero-order valence-corrected chi connectivity index (χ0v) is 7.18. The Morgan fingerprint density at radius 3 is 2.55 bits per heavy atom. The molecule has 1 fully saturated rings. The number of rotatable bonds is 3. The first-order chi connectivity index (χ1) is 5.33. The van der Waals surface area contributed by atoms with Crippen LogP contribution in [-0.4, -0.2) is 19.3 Å². The van der Waals surface area contributed by atoms with Crippen molar-refractivity contribution in [1.82, 2.24) is 0 Å². The molecular weight excluding hydrogens is 138 g/mol. The minimum atomic E-state index is 0.0272. The first-order valence-electron chi connectivity index (χ1n) is 4.26. The molecule has 0 bridgehead atoms. The number of nitrogens with two attached hydrogens (primary N) is 1. The van der Waals surface area contributed by atoms with Gasteiger partial charge in [-0.2, -0.15) is 0 Å². The number of hydrogen-bond acceptors (Lipinski definition) is 2. The summed E-state index contributed by atoms with van der Waals surface area (Å²) in [7, 11) is 1.78. The van der Waals surface area contributed by atoms with Crippen molar-refractivity contribution >= 4 is 0 Å². The van der Waals surface area contributed by atoms with Crippen molar-refractivity contribution in [2.24, 2.45) is 5.73 Å². The molecule has 64 valence electrons. The summed E-state index contributed by atoms with van der Waals surface area (Å²) < 4.78 is 5.46. The van der Waals surface area contributed by atoms with E-state index in [1.54, 1.807) is 7.11 Å². The van der Waals surface area contributed by atoms with E-state index in [0.29, 0.717) is 6.54 Å². The van der Waals surface area contributed by atoms with Crippen molar-refractivity contribution in [2.75, 3.05) is 13.7 Å². The fourth-order valence-corrected chi connectivity index (χ4v) is 1.70. The largest absolute Gasteiger partial charge is 0.374 e. The molecular formula is C9H17NO. The van der Waals surface area contributed by atoms with Gasteiger partial charge < -0.3 is 10.5 Å². The fraction of sp³-hybridized carbons (Fsp3) is 0.778. The molecule has 0 atom stereocenters. The molecule has 0 aromatic rings. The monoisotopic (exact) mass is 155 g/mol. The molecule has 2 nitrogen and oxygen atoms in total. The maximum absolute atomic E-state index is 5.46. The van der Waals surface area contributed by atoms with Gasteiger partial charge in [0.2, 0.25) is 0 Å². The number of methoxy groups -OCH3 is 1. The summed E-state index contributed by atoms with van der Waals surface area (Å²) in [4.78, 5) is 0. The zero-order valence-electron chi connectivity index (χ0n) is 7.18. The molecule has 0 radical (unpaired) electrons. The van der Waals surface area contributed by atoms with E-state index in [4.69, 9.17) is 10.5 Å². The van der Waals surface area contributed by atoms with Crippen LogP contribution in [-0.2, 0) is 4.74 Å². The van der Waals surface area contributed by atoms with Crippen LogP contribution in [0.1, 0.15) is 25.7 Å². The van der Waals surface area contributed by atoms with Crippen LogP contribution in [0.3, 0.4) is 0 Å². The van der Waals surface area contributed by atoms with Crippen LogP contribution in [0.2, 0.25) is 0 Å². The Labute approximate surface area is 68.4 Å². The summed E-state index contributed by atoms with van der Waals surface area (Å²) in [5.41, 5.74) is 5.41. The van der Waals surface area contributed by atoms with Crippen molar-refractivity contribution in [3.63, 3.8) is 0 Å².